The van der Waals surface area contributed by atoms with E-state index in [0.717, 1.165) is 31.2 Å². The van der Waals surface area contributed by atoms with E-state index in [-0.39, 0.29) is 11.5 Å². The molecule has 1 saturated carbocycles. The van der Waals surface area contributed by atoms with E-state index in [9.17, 15) is 8.42 Å². The van der Waals surface area contributed by atoms with Gasteiger partial charge in [0.05, 0.1) is 4.90 Å². The zero-order chi connectivity index (χ0) is 16.2. The molecule has 3 nitrogen and oxygen atoms in total. The fourth-order valence-corrected chi connectivity index (χ4v) is 4.30. The molecule has 1 aromatic carbocycles. The molecular weight excluding hydrogens is 294 g/mol. The van der Waals surface area contributed by atoms with Gasteiger partial charge in [-0.15, -0.1) is 0 Å². The molecule has 1 aliphatic carbocycles. The summed E-state index contributed by atoms with van der Waals surface area (Å²) in [5.74, 6) is 0. The molecule has 1 N–H and O–H groups in total. The predicted molar refractivity (Wildman–Crippen MR) is 91.6 cm³/mol. The molecule has 0 amide bonds. The van der Waals surface area contributed by atoms with Gasteiger partial charge in [0, 0.05) is 6.04 Å². The molecular formula is C18H29NO2S. The van der Waals surface area contributed by atoms with E-state index in [2.05, 4.69) is 25.5 Å². The first kappa shape index (κ1) is 17.5. The third-order valence-electron chi connectivity index (χ3n) is 4.46. The van der Waals surface area contributed by atoms with Gasteiger partial charge in [0.2, 0.25) is 10.0 Å². The van der Waals surface area contributed by atoms with Gasteiger partial charge in [0.1, 0.15) is 0 Å². The fourth-order valence-electron chi connectivity index (χ4n) is 3.00. The normalized spacial score (nSPS) is 18.7. The van der Waals surface area contributed by atoms with Crippen molar-refractivity contribution in [1.29, 1.82) is 0 Å². The Hall–Kier alpha value is -0.870. The van der Waals surface area contributed by atoms with E-state index in [4.69, 9.17) is 0 Å². The zero-order valence-corrected chi connectivity index (χ0v) is 14.9. The maximum atomic E-state index is 12.5. The van der Waals surface area contributed by atoms with Crippen LogP contribution in [0.5, 0.6) is 0 Å². The van der Waals surface area contributed by atoms with Gasteiger partial charge in [-0.05, 0) is 36.0 Å². The van der Waals surface area contributed by atoms with Gasteiger partial charge < -0.3 is 0 Å². The number of rotatable bonds is 3. The van der Waals surface area contributed by atoms with Crippen LogP contribution in [0, 0.1) is 0 Å². The highest BCUT2D eigenvalue weighted by molar-refractivity contribution is 7.89. The van der Waals surface area contributed by atoms with Crippen molar-refractivity contribution in [2.45, 2.75) is 82.1 Å². The summed E-state index contributed by atoms with van der Waals surface area (Å²) in [4.78, 5) is 0.377. The molecule has 0 radical (unpaired) electrons. The Morgan fingerprint density at radius 2 is 1.41 bits per heavy atom. The van der Waals surface area contributed by atoms with E-state index in [1.807, 2.05) is 12.1 Å². The first-order valence-corrected chi connectivity index (χ1v) is 9.90. The van der Waals surface area contributed by atoms with Crippen LogP contribution in [-0.4, -0.2) is 14.5 Å². The lowest BCUT2D eigenvalue weighted by Crippen LogP contribution is -2.35. The van der Waals surface area contributed by atoms with Crippen LogP contribution in [0.15, 0.2) is 29.2 Å². The molecule has 0 aromatic heterocycles. The molecule has 124 valence electrons. The summed E-state index contributed by atoms with van der Waals surface area (Å²) < 4.78 is 28.0. The molecule has 1 fully saturated rings. The second-order valence-corrected chi connectivity index (χ2v) is 9.15. The molecule has 0 spiro atoms. The van der Waals surface area contributed by atoms with Gasteiger partial charge in [-0.2, -0.15) is 0 Å². The van der Waals surface area contributed by atoms with Gasteiger partial charge in [-0.1, -0.05) is 65.0 Å². The van der Waals surface area contributed by atoms with Gasteiger partial charge in [0.15, 0.2) is 0 Å². The second-order valence-electron chi connectivity index (χ2n) is 7.44. The van der Waals surface area contributed by atoms with Crippen molar-refractivity contribution in [3.05, 3.63) is 29.8 Å². The molecule has 0 atom stereocenters. The minimum atomic E-state index is -3.40. The van der Waals surface area contributed by atoms with E-state index < -0.39 is 10.0 Å². The zero-order valence-electron chi connectivity index (χ0n) is 14.1. The molecule has 0 unspecified atom stereocenters. The number of hydrogen-bond acceptors (Lipinski definition) is 2. The Bertz CT molecular complexity index is 562. The van der Waals surface area contributed by atoms with Crippen LogP contribution in [-0.2, 0) is 15.4 Å². The second kappa shape index (κ2) is 7.14. The summed E-state index contributed by atoms with van der Waals surface area (Å²) in [7, 11) is -3.40. The molecule has 0 aliphatic heterocycles. The topological polar surface area (TPSA) is 46.2 Å². The minimum absolute atomic E-state index is 0.0370. The molecule has 4 heteroatoms. The molecule has 22 heavy (non-hydrogen) atoms. The Morgan fingerprint density at radius 3 is 1.91 bits per heavy atom. The van der Waals surface area contributed by atoms with Gasteiger partial charge >= 0.3 is 0 Å². The SMILES string of the molecule is CC(C)(C)c1ccc(S(=O)(=O)NC2CCCCCCC2)cc1. The maximum absolute atomic E-state index is 12.5. The maximum Gasteiger partial charge on any atom is 0.240 e. The van der Waals surface area contributed by atoms with Crippen molar-refractivity contribution in [3.63, 3.8) is 0 Å². The highest BCUT2D eigenvalue weighted by atomic mass is 32.2. The van der Waals surface area contributed by atoms with Crippen molar-refractivity contribution in [2.75, 3.05) is 0 Å². The van der Waals surface area contributed by atoms with E-state index in [1.54, 1.807) is 12.1 Å². The van der Waals surface area contributed by atoms with E-state index in [0.29, 0.717) is 4.90 Å². The lowest BCUT2D eigenvalue weighted by molar-refractivity contribution is 0.426. The van der Waals surface area contributed by atoms with Crippen molar-refractivity contribution in [3.8, 4) is 0 Å². The molecule has 0 saturated heterocycles. The van der Waals surface area contributed by atoms with Crippen LogP contribution in [0.3, 0.4) is 0 Å². The summed E-state index contributed by atoms with van der Waals surface area (Å²) in [5, 5.41) is 0. The molecule has 1 aliphatic rings. The lowest BCUT2D eigenvalue weighted by Gasteiger charge is -2.22. The van der Waals surface area contributed by atoms with Crippen molar-refractivity contribution in [2.24, 2.45) is 0 Å². The monoisotopic (exact) mass is 323 g/mol. The van der Waals surface area contributed by atoms with Crippen molar-refractivity contribution in [1.82, 2.24) is 4.72 Å². The minimum Gasteiger partial charge on any atom is -0.208 e. The first-order chi connectivity index (χ1) is 10.3. The van der Waals surface area contributed by atoms with Crippen LogP contribution in [0.2, 0.25) is 0 Å². The van der Waals surface area contributed by atoms with E-state index in [1.165, 1.54) is 19.3 Å². The van der Waals surface area contributed by atoms with Crippen LogP contribution in [0.4, 0.5) is 0 Å². The fraction of sp³-hybridized carbons (Fsp3) is 0.667. The predicted octanol–water partition coefficient (Wildman–Crippen LogP) is 4.38. The van der Waals surface area contributed by atoms with Crippen molar-refractivity contribution >= 4 is 10.0 Å². The Morgan fingerprint density at radius 1 is 0.909 bits per heavy atom. The Kier molecular flexibility index (Phi) is 5.67. The molecule has 0 bridgehead atoms. The quantitative estimate of drug-likeness (QED) is 0.897. The van der Waals surface area contributed by atoms with Crippen molar-refractivity contribution < 1.29 is 8.42 Å². The van der Waals surface area contributed by atoms with Crippen LogP contribution >= 0.6 is 0 Å². The van der Waals surface area contributed by atoms with Gasteiger partial charge in [-0.3, -0.25) is 0 Å². The Labute approximate surface area is 135 Å². The number of sulfonamides is 1. The molecule has 2 rings (SSSR count). The number of nitrogens with one attached hydrogen (secondary N) is 1. The third-order valence-corrected chi connectivity index (χ3v) is 5.99. The number of benzene rings is 1. The summed E-state index contributed by atoms with van der Waals surface area (Å²) in [6.45, 7) is 6.38. The highest BCUT2D eigenvalue weighted by Gasteiger charge is 2.21. The first-order valence-electron chi connectivity index (χ1n) is 8.42. The smallest absolute Gasteiger partial charge is 0.208 e. The standard InChI is InChI=1S/C18H29NO2S/c1-18(2,3)15-11-13-17(14-12-15)22(20,21)19-16-9-7-5-4-6-8-10-16/h11-14,16,19H,4-10H2,1-3H3. The lowest BCUT2D eigenvalue weighted by atomic mass is 9.87. The molecule has 0 heterocycles. The molecule has 1 aromatic rings. The summed E-state index contributed by atoms with van der Waals surface area (Å²) in [6, 6.07) is 7.39. The third kappa shape index (κ3) is 4.82. The summed E-state index contributed by atoms with van der Waals surface area (Å²) in [6.07, 6.45) is 7.88. The van der Waals surface area contributed by atoms with Crippen LogP contribution < -0.4 is 4.72 Å². The van der Waals surface area contributed by atoms with Gasteiger partial charge in [-0.25, -0.2) is 13.1 Å². The average molecular weight is 324 g/mol. The van der Waals surface area contributed by atoms with Crippen LogP contribution in [0.1, 0.15) is 71.3 Å². The summed E-state index contributed by atoms with van der Waals surface area (Å²) in [5.41, 5.74) is 1.19. The largest absolute Gasteiger partial charge is 0.240 e. The van der Waals surface area contributed by atoms with Gasteiger partial charge in [0.25, 0.3) is 0 Å². The van der Waals surface area contributed by atoms with Crippen LogP contribution in [0.25, 0.3) is 0 Å². The highest BCUT2D eigenvalue weighted by Crippen LogP contribution is 2.24. The summed E-state index contributed by atoms with van der Waals surface area (Å²) >= 11 is 0. The average Bonchev–Trinajstić information content (AvgIpc) is 2.41. The van der Waals surface area contributed by atoms with E-state index >= 15 is 0 Å². The number of hydrogen-bond donors (Lipinski definition) is 1. The Balaban J connectivity index is 2.09.